The lowest BCUT2D eigenvalue weighted by molar-refractivity contribution is -0.142. The van der Waals surface area contributed by atoms with Crippen molar-refractivity contribution in [2.45, 2.75) is 57.4 Å². The maximum atomic E-state index is 13.1. The van der Waals surface area contributed by atoms with Crippen LogP contribution in [0.4, 0.5) is 0 Å². The number of furan rings is 1. The quantitative estimate of drug-likeness (QED) is 0.847. The van der Waals surface area contributed by atoms with Gasteiger partial charge in [-0.3, -0.25) is 14.5 Å². The molecule has 1 N–H and O–H groups in total. The zero-order chi connectivity index (χ0) is 19.1. The maximum absolute atomic E-state index is 13.1. The van der Waals surface area contributed by atoms with Crippen molar-refractivity contribution in [1.82, 2.24) is 20.0 Å². The van der Waals surface area contributed by atoms with Crippen LogP contribution in [0, 0.1) is 5.92 Å². The fraction of sp³-hybridized carbons (Fsp3) is 0.700. The maximum Gasteiger partial charge on any atom is 0.289 e. The molecule has 3 heterocycles. The molecule has 3 aliphatic rings. The number of nitrogens with zero attached hydrogens (tertiary/aromatic N) is 3. The highest BCUT2D eigenvalue weighted by atomic mass is 16.3. The average molecular weight is 374 g/mol. The Balaban J connectivity index is 1.61. The van der Waals surface area contributed by atoms with Gasteiger partial charge < -0.3 is 19.5 Å². The molecular weight excluding hydrogens is 344 g/mol. The van der Waals surface area contributed by atoms with E-state index < -0.39 is 0 Å². The van der Waals surface area contributed by atoms with Crippen molar-refractivity contribution in [1.29, 1.82) is 0 Å². The van der Waals surface area contributed by atoms with Crippen LogP contribution in [0.3, 0.4) is 0 Å². The summed E-state index contributed by atoms with van der Waals surface area (Å²) >= 11 is 0. The largest absolute Gasteiger partial charge is 0.459 e. The number of fused-ring (bicyclic) bond motifs is 1. The number of amides is 2. The Morgan fingerprint density at radius 2 is 2.07 bits per heavy atom. The van der Waals surface area contributed by atoms with Crippen LogP contribution < -0.4 is 5.32 Å². The molecule has 3 fully saturated rings. The van der Waals surface area contributed by atoms with Crippen molar-refractivity contribution in [3.05, 3.63) is 24.2 Å². The SMILES string of the molecule is CC(=O)N1C2CCC(C3NCCN3C)CC2N(C(=O)c2ccco2)C[C@@H]1C. The molecule has 27 heavy (non-hydrogen) atoms. The van der Waals surface area contributed by atoms with Crippen LogP contribution in [-0.4, -0.2) is 77.5 Å². The first-order valence-electron chi connectivity index (χ1n) is 10.0. The minimum Gasteiger partial charge on any atom is -0.459 e. The van der Waals surface area contributed by atoms with Crippen LogP contribution in [0.15, 0.2) is 22.8 Å². The van der Waals surface area contributed by atoms with E-state index in [-0.39, 0.29) is 29.9 Å². The fourth-order valence-electron chi connectivity index (χ4n) is 5.47. The summed E-state index contributed by atoms with van der Waals surface area (Å²) in [6, 6.07) is 3.63. The van der Waals surface area contributed by atoms with Gasteiger partial charge in [0.25, 0.3) is 5.91 Å². The number of carbonyl (C=O) groups excluding carboxylic acids is 2. The van der Waals surface area contributed by atoms with E-state index in [9.17, 15) is 9.59 Å². The van der Waals surface area contributed by atoms with Crippen molar-refractivity contribution in [2.75, 3.05) is 26.7 Å². The summed E-state index contributed by atoms with van der Waals surface area (Å²) in [5.41, 5.74) is 0. The zero-order valence-corrected chi connectivity index (χ0v) is 16.4. The van der Waals surface area contributed by atoms with Crippen LogP contribution in [0.1, 0.15) is 43.7 Å². The molecular formula is C20H30N4O3. The van der Waals surface area contributed by atoms with E-state index in [0.29, 0.717) is 24.4 Å². The highest BCUT2D eigenvalue weighted by molar-refractivity contribution is 5.92. The van der Waals surface area contributed by atoms with Crippen molar-refractivity contribution in [3.63, 3.8) is 0 Å². The van der Waals surface area contributed by atoms with Gasteiger partial charge in [0.05, 0.1) is 24.5 Å². The third-order valence-corrected chi connectivity index (χ3v) is 6.61. The molecule has 7 heteroatoms. The molecule has 0 spiro atoms. The Kier molecular flexibility index (Phi) is 4.99. The molecule has 2 aliphatic heterocycles. The van der Waals surface area contributed by atoms with Crippen molar-refractivity contribution < 1.29 is 14.0 Å². The lowest BCUT2D eigenvalue weighted by Gasteiger charge is -2.54. The van der Waals surface area contributed by atoms with Gasteiger partial charge in [-0.15, -0.1) is 0 Å². The summed E-state index contributed by atoms with van der Waals surface area (Å²) in [6.07, 6.45) is 4.82. The highest BCUT2D eigenvalue weighted by Gasteiger charge is 2.48. The van der Waals surface area contributed by atoms with Crippen LogP contribution in [0.25, 0.3) is 0 Å². The summed E-state index contributed by atoms with van der Waals surface area (Å²) in [5, 5.41) is 3.61. The minimum absolute atomic E-state index is 0.0199. The zero-order valence-electron chi connectivity index (χ0n) is 16.4. The summed E-state index contributed by atoms with van der Waals surface area (Å²) in [7, 11) is 2.16. The predicted octanol–water partition coefficient (Wildman–Crippen LogP) is 1.37. The molecule has 0 aromatic carbocycles. The van der Waals surface area contributed by atoms with Gasteiger partial charge in [-0.2, -0.15) is 0 Å². The first kappa shape index (κ1) is 18.5. The Morgan fingerprint density at radius 1 is 1.26 bits per heavy atom. The topological polar surface area (TPSA) is 69.0 Å². The second kappa shape index (κ2) is 7.28. The summed E-state index contributed by atoms with van der Waals surface area (Å²) in [4.78, 5) is 31.8. The van der Waals surface area contributed by atoms with Crippen molar-refractivity contribution >= 4 is 11.8 Å². The van der Waals surface area contributed by atoms with E-state index in [2.05, 4.69) is 17.3 Å². The molecule has 1 aliphatic carbocycles. The molecule has 5 atom stereocenters. The van der Waals surface area contributed by atoms with Crippen molar-refractivity contribution in [3.8, 4) is 0 Å². The number of hydrogen-bond donors (Lipinski definition) is 1. The predicted molar refractivity (Wildman–Crippen MR) is 101 cm³/mol. The number of piperazine rings is 1. The van der Waals surface area contributed by atoms with Gasteiger partial charge in [0.2, 0.25) is 5.91 Å². The third kappa shape index (κ3) is 3.27. The van der Waals surface area contributed by atoms with E-state index in [1.165, 1.54) is 0 Å². The number of carbonyl (C=O) groups is 2. The van der Waals surface area contributed by atoms with E-state index >= 15 is 0 Å². The van der Waals surface area contributed by atoms with Gasteiger partial charge >= 0.3 is 0 Å². The molecule has 1 aromatic heterocycles. The van der Waals surface area contributed by atoms with Gasteiger partial charge in [-0.25, -0.2) is 0 Å². The second-order valence-electron chi connectivity index (χ2n) is 8.30. The lowest BCUT2D eigenvalue weighted by Crippen LogP contribution is -2.67. The number of rotatable bonds is 2. The fourth-order valence-corrected chi connectivity index (χ4v) is 5.47. The number of nitrogens with one attached hydrogen (secondary N) is 1. The molecule has 2 saturated heterocycles. The third-order valence-electron chi connectivity index (χ3n) is 6.61. The first-order valence-corrected chi connectivity index (χ1v) is 10.0. The molecule has 4 rings (SSSR count). The first-order chi connectivity index (χ1) is 13.0. The smallest absolute Gasteiger partial charge is 0.289 e. The van der Waals surface area contributed by atoms with Gasteiger partial charge in [-0.1, -0.05) is 0 Å². The van der Waals surface area contributed by atoms with Gasteiger partial charge in [-0.05, 0) is 51.3 Å². The Morgan fingerprint density at radius 3 is 2.70 bits per heavy atom. The normalized spacial score (nSPS) is 34.6. The van der Waals surface area contributed by atoms with E-state index in [1.807, 2.05) is 16.7 Å². The Bertz CT molecular complexity index is 691. The number of hydrogen-bond acceptors (Lipinski definition) is 5. The van der Waals surface area contributed by atoms with Crippen LogP contribution in [0.5, 0.6) is 0 Å². The molecule has 7 nitrogen and oxygen atoms in total. The van der Waals surface area contributed by atoms with E-state index in [1.54, 1.807) is 25.3 Å². The summed E-state index contributed by atoms with van der Waals surface area (Å²) < 4.78 is 5.39. The molecule has 1 saturated carbocycles. The molecule has 2 amide bonds. The molecule has 1 aromatic rings. The van der Waals surface area contributed by atoms with Gasteiger partial charge in [0, 0.05) is 32.6 Å². The lowest BCUT2D eigenvalue weighted by atomic mass is 9.77. The minimum atomic E-state index is -0.0570. The van der Waals surface area contributed by atoms with Gasteiger partial charge in [0.1, 0.15) is 0 Å². The van der Waals surface area contributed by atoms with Gasteiger partial charge in [0.15, 0.2) is 5.76 Å². The molecule has 148 valence electrons. The summed E-state index contributed by atoms with van der Waals surface area (Å²) in [5.74, 6) is 0.916. The highest BCUT2D eigenvalue weighted by Crippen LogP contribution is 2.38. The summed E-state index contributed by atoms with van der Waals surface area (Å²) in [6.45, 7) is 6.31. The Hall–Kier alpha value is -1.86. The van der Waals surface area contributed by atoms with Crippen LogP contribution in [-0.2, 0) is 4.79 Å². The van der Waals surface area contributed by atoms with E-state index in [0.717, 1.165) is 32.4 Å². The number of likely N-dealkylation sites (N-methyl/N-ethyl adjacent to an activating group) is 1. The van der Waals surface area contributed by atoms with E-state index in [4.69, 9.17) is 4.42 Å². The standard InChI is InChI=1S/C20H30N4O3/c1-13-12-23(20(26)18-5-4-10-27-18)17-11-15(19-21-8-9-22(19)3)6-7-16(17)24(13)14(2)25/h4-5,10,13,15-17,19,21H,6-9,11-12H2,1-3H3/t13-,15?,16?,17?,19?/m0/s1. The molecule has 0 bridgehead atoms. The van der Waals surface area contributed by atoms with Crippen molar-refractivity contribution in [2.24, 2.45) is 5.92 Å². The molecule has 4 unspecified atom stereocenters. The Labute approximate surface area is 160 Å². The monoisotopic (exact) mass is 374 g/mol. The molecule has 0 radical (unpaired) electrons. The van der Waals surface area contributed by atoms with Crippen LogP contribution in [0.2, 0.25) is 0 Å². The second-order valence-corrected chi connectivity index (χ2v) is 8.30. The van der Waals surface area contributed by atoms with Crippen LogP contribution >= 0.6 is 0 Å². The average Bonchev–Trinajstić information content (AvgIpc) is 3.31.